The third-order valence-electron chi connectivity index (χ3n) is 4.23. The Bertz CT molecular complexity index is 663. The number of amides is 1. The zero-order valence-electron chi connectivity index (χ0n) is 13.7. The molecule has 0 unspecified atom stereocenters. The topological polar surface area (TPSA) is 76.2 Å². The van der Waals surface area contributed by atoms with Crippen LogP contribution in [0.3, 0.4) is 0 Å². The van der Waals surface area contributed by atoms with E-state index in [0.717, 1.165) is 38.2 Å². The van der Waals surface area contributed by atoms with Gasteiger partial charge in [-0.25, -0.2) is 4.98 Å². The number of aryl methyl sites for hydroxylation is 1. The highest BCUT2D eigenvalue weighted by Crippen LogP contribution is 2.19. The van der Waals surface area contributed by atoms with E-state index in [2.05, 4.69) is 31.8 Å². The van der Waals surface area contributed by atoms with Crippen LogP contribution in [-0.4, -0.2) is 38.1 Å². The maximum atomic E-state index is 12.7. The van der Waals surface area contributed by atoms with Gasteiger partial charge in [-0.2, -0.15) is 0 Å². The van der Waals surface area contributed by atoms with Crippen molar-refractivity contribution in [3.05, 3.63) is 30.0 Å². The van der Waals surface area contributed by atoms with Crippen LogP contribution in [0.2, 0.25) is 0 Å². The molecule has 2 aromatic rings. The second-order valence-electron chi connectivity index (χ2n) is 5.98. The number of anilines is 1. The Hall–Kier alpha value is -2.15. The minimum atomic E-state index is -0.169. The number of unbranched alkanes of at least 4 members (excludes halogenated alkanes) is 1. The lowest BCUT2D eigenvalue weighted by Gasteiger charge is -2.33. The first-order chi connectivity index (χ1) is 11.2. The van der Waals surface area contributed by atoms with Gasteiger partial charge in [0, 0.05) is 31.5 Å². The van der Waals surface area contributed by atoms with Crippen molar-refractivity contribution >= 4 is 11.7 Å². The van der Waals surface area contributed by atoms with Gasteiger partial charge in [0.2, 0.25) is 5.91 Å². The Morgan fingerprint density at radius 3 is 3.09 bits per heavy atom. The molecule has 0 radical (unpaired) electrons. The van der Waals surface area contributed by atoms with Gasteiger partial charge in [-0.1, -0.05) is 24.9 Å². The van der Waals surface area contributed by atoms with Crippen LogP contribution in [0, 0.1) is 6.92 Å². The quantitative estimate of drug-likeness (QED) is 0.884. The number of hydrogen-bond donors (Lipinski definition) is 1. The number of fused-ring (bicyclic) bond motifs is 1. The smallest absolute Gasteiger partial charge is 0.242 e. The molecule has 1 amide bonds. The average molecular weight is 317 g/mol. The monoisotopic (exact) mass is 317 g/mol. The van der Waals surface area contributed by atoms with Crippen LogP contribution in [-0.2, 0) is 17.9 Å². The van der Waals surface area contributed by atoms with Gasteiger partial charge in [0.25, 0.3) is 0 Å². The Kier molecular flexibility index (Phi) is 4.76. The summed E-state index contributed by atoms with van der Waals surface area (Å²) in [7, 11) is 0. The van der Waals surface area contributed by atoms with Crippen LogP contribution >= 0.6 is 0 Å². The molecule has 7 heteroatoms. The molecule has 7 nitrogen and oxygen atoms in total. The molecule has 0 saturated heterocycles. The highest BCUT2D eigenvalue weighted by molar-refractivity contribution is 5.94. The van der Waals surface area contributed by atoms with Crippen molar-refractivity contribution in [2.75, 3.05) is 11.9 Å². The van der Waals surface area contributed by atoms with E-state index in [1.54, 1.807) is 6.07 Å². The van der Waals surface area contributed by atoms with Crippen LogP contribution in [0.15, 0.2) is 23.0 Å². The summed E-state index contributed by atoms with van der Waals surface area (Å²) in [5.41, 5.74) is 0. The van der Waals surface area contributed by atoms with Crippen molar-refractivity contribution in [1.82, 2.24) is 19.6 Å². The van der Waals surface area contributed by atoms with Crippen molar-refractivity contribution < 1.29 is 9.32 Å². The summed E-state index contributed by atoms with van der Waals surface area (Å²) in [6, 6.07) is 1.56. The Labute approximate surface area is 135 Å². The number of hydrogen-bond acceptors (Lipinski definition) is 5. The Morgan fingerprint density at radius 1 is 1.48 bits per heavy atom. The highest BCUT2D eigenvalue weighted by Gasteiger charge is 2.29. The Balaban J connectivity index is 1.71. The molecule has 0 aliphatic carbocycles. The third kappa shape index (κ3) is 3.61. The molecule has 124 valence electrons. The van der Waals surface area contributed by atoms with Gasteiger partial charge >= 0.3 is 0 Å². The van der Waals surface area contributed by atoms with Gasteiger partial charge in [-0.05, 0) is 13.3 Å². The van der Waals surface area contributed by atoms with E-state index >= 15 is 0 Å². The molecule has 3 rings (SSSR count). The molecule has 0 spiro atoms. The first kappa shape index (κ1) is 15.7. The summed E-state index contributed by atoms with van der Waals surface area (Å²) in [5.74, 6) is 2.16. The highest BCUT2D eigenvalue weighted by atomic mass is 16.5. The van der Waals surface area contributed by atoms with Crippen molar-refractivity contribution in [2.45, 2.75) is 52.2 Å². The predicted octanol–water partition coefficient (Wildman–Crippen LogP) is 2.19. The van der Waals surface area contributed by atoms with Gasteiger partial charge < -0.3 is 14.4 Å². The van der Waals surface area contributed by atoms with Crippen LogP contribution in [0.4, 0.5) is 5.82 Å². The van der Waals surface area contributed by atoms with E-state index in [4.69, 9.17) is 4.52 Å². The average Bonchev–Trinajstić information content (AvgIpc) is 3.16. The zero-order chi connectivity index (χ0) is 16.2. The fourth-order valence-electron chi connectivity index (χ4n) is 2.97. The van der Waals surface area contributed by atoms with Crippen molar-refractivity contribution in [2.24, 2.45) is 0 Å². The van der Waals surface area contributed by atoms with Gasteiger partial charge in [0.1, 0.15) is 11.6 Å². The fraction of sp³-hybridized carbons (Fsp3) is 0.562. The molecular formula is C16H23N5O2. The normalized spacial score (nSPS) is 16.1. The zero-order valence-corrected chi connectivity index (χ0v) is 13.7. The van der Waals surface area contributed by atoms with E-state index < -0.39 is 0 Å². The minimum Gasteiger partial charge on any atom is -0.360 e. The van der Waals surface area contributed by atoms with Crippen LogP contribution in [0.1, 0.15) is 37.8 Å². The van der Waals surface area contributed by atoms with Crippen molar-refractivity contribution in [3.63, 3.8) is 0 Å². The number of nitrogens with zero attached hydrogens (tertiary/aromatic N) is 4. The number of imidazole rings is 1. The fourth-order valence-corrected chi connectivity index (χ4v) is 2.97. The molecule has 3 heterocycles. The lowest BCUT2D eigenvalue weighted by atomic mass is 10.1. The first-order valence-electron chi connectivity index (χ1n) is 8.15. The minimum absolute atomic E-state index is 0.0215. The van der Waals surface area contributed by atoms with E-state index in [1.165, 1.54) is 0 Å². The van der Waals surface area contributed by atoms with Crippen LogP contribution in [0.5, 0.6) is 0 Å². The third-order valence-corrected chi connectivity index (χ3v) is 4.23. The molecule has 1 atom stereocenters. The van der Waals surface area contributed by atoms with E-state index in [1.807, 2.05) is 19.3 Å². The number of carbonyl (C=O) groups is 1. The summed E-state index contributed by atoms with van der Waals surface area (Å²) in [6.07, 6.45) is 6.72. The van der Waals surface area contributed by atoms with Crippen molar-refractivity contribution in [1.29, 1.82) is 0 Å². The van der Waals surface area contributed by atoms with Gasteiger partial charge in [0.15, 0.2) is 5.82 Å². The number of carbonyl (C=O) groups excluding carboxylic acids is 1. The maximum absolute atomic E-state index is 12.7. The molecule has 1 aliphatic heterocycles. The molecule has 0 fully saturated rings. The molecule has 0 aromatic carbocycles. The lowest BCUT2D eigenvalue weighted by molar-refractivity contribution is -0.122. The summed E-state index contributed by atoms with van der Waals surface area (Å²) >= 11 is 0. The molecule has 23 heavy (non-hydrogen) atoms. The van der Waals surface area contributed by atoms with Crippen LogP contribution < -0.4 is 5.32 Å². The molecule has 1 N–H and O–H groups in total. The van der Waals surface area contributed by atoms with E-state index in [0.29, 0.717) is 18.1 Å². The maximum Gasteiger partial charge on any atom is 0.242 e. The number of rotatable bonds is 6. The van der Waals surface area contributed by atoms with Crippen molar-refractivity contribution in [3.8, 4) is 0 Å². The summed E-state index contributed by atoms with van der Waals surface area (Å²) in [4.78, 5) is 19.3. The summed E-state index contributed by atoms with van der Waals surface area (Å²) in [6.45, 7) is 6.37. The largest absolute Gasteiger partial charge is 0.360 e. The van der Waals surface area contributed by atoms with E-state index in [9.17, 15) is 4.79 Å². The van der Waals surface area contributed by atoms with Gasteiger partial charge in [-0.3, -0.25) is 9.69 Å². The number of aromatic nitrogens is 3. The molecule has 2 aromatic heterocycles. The Morgan fingerprint density at radius 2 is 2.35 bits per heavy atom. The molecule has 0 bridgehead atoms. The standard InChI is InChI=1S/C16H23N5O2/c1-3-4-5-13(16(22)18-14-10-12(2)23-19-14)21-9-8-20-7-6-17-15(20)11-21/h6-7,10,13H,3-5,8-9,11H2,1-2H3,(H,18,19,22)/t13-/m1/s1. The second kappa shape index (κ2) is 6.95. The summed E-state index contributed by atoms with van der Waals surface area (Å²) in [5, 5.41) is 6.72. The molecule has 1 aliphatic rings. The summed E-state index contributed by atoms with van der Waals surface area (Å²) < 4.78 is 7.16. The second-order valence-corrected chi connectivity index (χ2v) is 5.98. The van der Waals surface area contributed by atoms with Crippen LogP contribution in [0.25, 0.3) is 0 Å². The number of nitrogens with one attached hydrogen (secondary N) is 1. The molecular weight excluding hydrogens is 294 g/mol. The van der Waals surface area contributed by atoms with Gasteiger partial charge in [-0.15, -0.1) is 0 Å². The van der Waals surface area contributed by atoms with E-state index in [-0.39, 0.29) is 11.9 Å². The molecule has 0 saturated carbocycles. The first-order valence-corrected chi connectivity index (χ1v) is 8.15. The van der Waals surface area contributed by atoms with Gasteiger partial charge in [0.05, 0.1) is 12.6 Å². The predicted molar refractivity (Wildman–Crippen MR) is 85.8 cm³/mol. The SMILES string of the molecule is CCCC[C@H](C(=O)Nc1cc(C)on1)N1CCn2ccnc2C1. The lowest BCUT2D eigenvalue weighted by Crippen LogP contribution is -2.47.